The first-order valence-electron chi connectivity index (χ1n) is 7.33. The molecule has 0 saturated carbocycles. The normalized spacial score (nSPS) is 21.4. The van der Waals surface area contributed by atoms with E-state index in [9.17, 15) is 0 Å². The Hall–Kier alpha value is -0.880. The van der Waals surface area contributed by atoms with Crippen molar-refractivity contribution in [3.63, 3.8) is 0 Å². The first-order chi connectivity index (χ1) is 9.78. The third-order valence-electron chi connectivity index (χ3n) is 4.30. The summed E-state index contributed by atoms with van der Waals surface area (Å²) in [5, 5.41) is 0. The molecule has 0 N–H and O–H groups in total. The van der Waals surface area contributed by atoms with Gasteiger partial charge in [-0.2, -0.15) is 4.98 Å². The molecule has 0 aliphatic carbocycles. The molecule has 5 nitrogen and oxygen atoms in total. The Morgan fingerprint density at radius 1 is 1.20 bits per heavy atom. The van der Waals surface area contributed by atoms with Crippen LogP contribution in [0, 0.1) is 0 Å². The molecule has 3 rings (SSSR count). The Kier molecular flexibility index (Phi) is 4.41. The summed E-state index contributed by atoms with van der Waals surface area (Å²) in [6.07, 6.45) is 6.93. The lowest BCUT2D eigenvalue weighted by Gasteiger charge is -2.36. The quantitative estimate of drug-likeness (QED) is 0.844. The van der Waals surface area contributed by atoms with Gasteiger partial charge in [0.15, 0.2) is 0 Å². The molecule has 2 fully saturated rings. The highest BCUT2D eigenvalue weighted by atomic mass is 79.9. The minimum Gasteiger partial charge on any atom is -0.480 e. The summed E-state index contributed by atoms with van der Waals surface area (Å²) in [6, 6.07) is 0.756. The molecule has 0 amide bonds. The van der Waals surface area contributed by atoms with Gasteiger partial charge in [0.25, 0.3) is 0 Å². The Morgan fingerprint density at radius 3 is 2.55 bits per heavy atom. The molecule has 6 heteroatoms. The van der Waals surface area contributed by atoms with Gasteiger partial charge in [-0.15, -0.1) is 0 Å². The number of hydrogen-bond acceptors (Lipinski definition) is 5. The van der Waals surface area contributed by atoms with E-state index in [1.54, 1.807) is 13.3 Å². The summed E-state index contributed by atoms with van der Waals surface area (Å²) in [7, 11) is 1.64. The number of likely N-dealkylation sites (tertiary alicyclic amines) is 1. The van der Waals surface area contributed by atoms with Crippen molar-refractivity contribution >= 4 is 21.9 Å². The predicted octanol–water partition coefficient (Wildman–Crippen LogP) is 2.31. The number of piperidine rings is 1. The SMILES string of the molecule is COc1nc(N2CCC(N3CCCC3)CC2)ncc1Br. The number of ether oxygens (including phenoxy) is 1. The number of aromatic nitrogens is 2. The van der Waals surface area contributed by atoms with E-state index in [1.165, 1.54) is 38.8 Å². The van der Waals surface area contributed by atoms with Crippen LogP contribution in [0.4, 0.5) is 5.95 Å². The van der Waals surface area contributed by atoms with Gasteiger partial charge in [-0.05, 0) is 54.7 Å². The molecular formula is C14H21BrN4O. The lowest BCUT2D eigenvalue weighted by atomic mass is 10.0. The lowest BCUT2D eigenvalue weighted by molar-refractivity contribution is 0.207. The summed E-state index contributed by atoms with van der Waals surface area (Å²) in [5.41, 5.74) is 0. The second-order valence-electron chi connectivity index (χ2n) is 5.49. The number of anilines is 1. The number of rotatable bonds is 3. The molecule has 2 aliphatic heterocycles. The second-order valence-corrected chi connectivity index (χ2v) is 6.34. The fraction of sp³-hybridized carbons (Fsp3) is 0.714. The minimum absolute atomic E-state index is 0.608. The molecule has 0 bridgehead atoms. The highest BCUT2D eigenvalue weighted by Gasteiger charge is 2.27. The van der Waals surface area contributed by atoms with E-state index in [-0.39, 0.29) is 0 Å². The third kappa shape index (κ3) is 2.91. The number of nitrogens with zero attached hydrogens (tertiary/aromatic N) is 4. The van der Waals surface area contributed by atoms with E-state index < -0.39 is 0 Å². The molecule has 1 aromatic heterocycles. The first kappa shape index (κ1) is 14.1. The monoisotopic (exact) mass is 340 g/mol. The molecular weight excluding hydrogens is 320 g/mol. The van der Waals surface area contributed by atoms with Gasteiger partial charge in [-0.3, -0.25) is 0 Å². The summed E-state index contributed by atoms with van der Waals surface area (Å²) >= 11 is 3.39. The predicted molar refractivity (Wildman–Crippen MR) is 82.3 cm³/mol. The molecule has 1 aromatic rings. The van der Waals surface area contributed by atoms with Crippen molar-refractivity contribution in [2.75, 3.05) is 38.2 Å². The van der Waals surface area contributed by atoms with Crippen LogP contribution in [0.3, 0.4) is 0 Å². The summed E-state index contributed by atoms with van der Waals surface area (Å²) in [5.74, 6) is 1.39. The molecule has 0 spiro atoms. The molecule has 110 valence electrons. The van der Waals surface area contributed by atoms with Crippen LogP contribution in [0.25, 0.3) is 0 Å². The summed E-state index contributed by atoms with van der Waals surface area (Å²) < 4.78 is 6.05. The highest BCUT2D eigenvalue weighted by molar-refractivity contribution is 9.10. The van der Waals surface area contributed by atoms with Crippen molar-refractivity contribution in [3.05, 3.63) is 10.7 Å². The van der Waals surface area contributed by atoms with Crippen LogP contribution in [0.5, 0.6) is 5.88 Å². The van der Waals surface area contributed by atoms with Gasteiger partial charge in [0, 0.05) is 19.1 Å². The van der Waals surface area contributed by atoms with Crippen molar-refractivity contribution in [1.82, 2.24) is 14.9 Å². The molecule has 2 aliphatic rings. The standard InChI is InChI=1S/C14H21BrN4O/c1-20-13-12(15)10-16-14(17-13)19-8-4-11(5-9-19)18-6-2-3-7-18/h10-11H,2-9H2,1H3. The maximum atomic E-state index is 5.25. The van der Waals surface area contributed by atoms with Crippen LogP contribution in [0.15, 0.2) is 10.7 Å². The second kappa shape index (κ2) is 6.26. The molecule has 0 radical (unpaired) electrons. The van der Waals surface area contributed by atoms with Crippen molar-refractivity contribution in [1.29, 1.82) is 0 Å². The molecule has 20 heavy (non-hydrogen) atoms. The van der Waals surface area contributed by atoms with Crippen LogP contribution in [-0.2, 0) is 0 Å². The third-order valence-corrected chi connectivity index (χ3v) is 4.84. The van der Waals surface area contributed by atoms with Gasteiger partial charge >= 0.3 is 0 Å². The maximum Gasteiger partial charge on any atom is 0.232 e. The molecule has 0 aromatic carbocycles. The van der Waals surface area contributed by atoms with Crippen LogP contribution in [0.2, 0.25) is 0 Å². The Morgan fingerprint density at radius 2 is 1.90 bits per heavy atom. The molecule has 3 heterocycles. The van der Waals surface area contributed by atoms with E-state index in [0.29, 0.717) is 5.88 Å². The van der Waals surface area contributed by atoms with Crippen LogP contribution in [-0.4, -0.2) is 54.2 Å². The fourth-order valence-corrected chi connectivity index (χ4v) is 3.53. The van der Waals surface area contributed by atoms with Crippen molar-refractivity contribution < 1.29 is 4.74 Å². The topological polar surface area (TPSA) is 41.5 Å². The van der Waals surface area contributed by atoms with Gasteiger partial charge < -0.3 is 14.5 Å². The van der Waals surface area contributed by atoms with Crippen LogP contribution in [0.1, 0.15) is 25.7 Å². The van der Waals surface area contributed by atoms with Gasteiger partial charge in [0.2, 0.25) is 11.8 Å². The van der Waals surface area contributed by atoms with E-state index >= 15 is 0 Å². The van der Waals surface area contributed by atoms with Crippen molar-refractivity contribution in [2.24, 2.45) is 0 Å². The van der Waals surface area contributed by atoms with Crippen LogP contribution >= 0.6 is 15.9 Å². The largest absolute Gasteiger partial charge is 0.480 e. The molecule has 2 saturated heterocycles. The van der Waals surface area contributed by atoms with Gasteiger partial charge in [0.05, 0.1) is 17.8 Å². The Bertz CT molecular complexity index is 456. The van der Waals surface area contributed by atoms with Crippen molar-refractivity contribution in [2.45, 2.75) is 31.7 Å². The lowest BCUT2D eigenvalue weighted by Crippen LogP contribution is -2.44. The zero-order chi connectivity index (χ0) is 13.9. The molecule has 0 atom stereocenters. The smallest absolute Gasteiger partial charge is 0.232 e. The Labute approximate surface area is 128 Å². The number of halogens is 1. The summed E-state index contributed by atoms with van der Waals surface area (Å²) in [4.78, 5) is 13.8. The first-order valence-corrected chi connectivity index (χ1v) is 8.13. The average Bonchev–Trinajstić information content (AvgIpc) is 3.02. The number of methoxy groups -OCH3 is 1. The van der Waals surface area contributed by atoms with Crippen LogP contribution < -0.4 is 9.64 Å². The van der Waals surface area contributed by atoms with Gasteiger partial charge in [0.1, 0.15) is 0 Å². The number of hydrogen-bond donors (Lipinski definition) is 0. The van der Waals surface area contributed by atoms with Crippen molar-refractivity contribution in [3.8, 4) is 5.88 Å². The van der Waals surface area contributed by atoms with E-state index in [0.717, 1.165) is 29.6 Å². The Balaban J connectivity index is 1.62. The molecule has 0 unspecified atom stereocenters. The fourth-order valence-electron chi connectivity index (χ4n) is 3.18. The zero-order valence-corrected chi connectivity index (χ0v) is 13.5. The van der Waals surface area contributed by atoms with E-state index in [4.69, 9.17) is 4.74 Å². The highest BCUT2D eigenvalue weighted by Crippen LogP contribution is 2.26. The minimum atomic E-state index is 0.608. The van der Waals surface area contributed by atoms with Gasteiger partial charge in [-0.1, -0.05) is 0 Å². The van der Waals surface area contributed by atoms with E-state index in [2.05, 4.69) is 35.7 Å². The van der Waals surface area contributed by atoms with E-state index in [1.807, 2.05) is 0 Å². The summed E-state index contributed by atoms with van der Waals surface area (Å²) in [6.45, 7) is 4.64. The zero-order valence-electron chi connectivity index (χ0n) is 11.9. The average molecular weight is 341 g/mol. The maximum absolute atomic E-state index is 5.25. The van der Waals surface area contributed by atoms with Gasteiger partial charge in [-0.25, -0.2) is 4.98 Å².